The lowest BCUT2D eigenvalue weighted by Crippen LogP contribution is -1.97. The standard InChI is InChI=1S/C7H10O2/c1-5(2)9-7(4)6(3)8/h1,4H2,2-3H3. The molecular weight excluding hydrogens is 116 g/mol. The number of hydrogen-bond donors (Lipinski definition) is 0. The van der Waals surface area contributed by atoms with Gasteiger partial charge in [0.25, 0.3) is 0 Å². The van der Waals surface area contributed by atoms with Gasteiger partial charge in [-0.3, -0.25) is 4.79 Å². The van der Waals surface area contributed by atoms with E-state index in [1.807, 2.05) is 0 Å². The van der Waals surface area contributed by atoms with Crippen molar-refractivity contribution in [3.8, 4) is 0 Å². The molecule has 0 aromatic heterocycles. The van der Waals surface area contributed by atoms with Gasteiger partial charge in [-0.2, -0.15) is 0 Å². The van der Waals surface area contributed by atoms with Crippen LogP contribution in [0.25, 0.3) is 0 Å². The van der Waals surface area contributed by atoms with Crippen LogP contribution in [-0.4, -0.2) is 5.78 Å². The van der Waals surface area contributed by atoms with Gasteiger partial charge in [0.2, 0.25) is 0 Å². The molecule has 2 heteroatoms. The predicted molar refractivity (Wildman–Crippen MR) is 35.7 cm³/mol. The summed E-state index contributed by atoms with van der Waals surface area (Å²) in [5.41, 5.74) is 0. The van der Waals surface area contributed by atoms with E-state index in [4.69, 9.17) is 4.74 Å². The van der Waals surface area contributed by atoms with Crippen LogP contribution >= 0.6 is 0 Å². The van der Waals surface area contributed by atoms with Crippen molar-refractivity contribution in [1.82, 2.24) is 0 Å². The summed E-state index contributed by atoms with van der Waals surface area (Å²) in [6, 6.07) is 0. The minimum atomic E-state index is -0.169. The number of ketones is 1. The second-order valence-electron chi connectivity index (χ2n) is 1.78. The molecule has 0 spiro atoms. The fourth-order valence-corrected chi connectivity index (χ4v) is 0.282. The van der Waals surface area contributed by atoms with Crippen LogP contribution < -0.4 is 0 Å². The topological polar surface area (TPSA) is 26.3 Å². The fourth-order valence-electron chi connectivity index (χ4n) is 0.282. The summed E-state index contributed by atoms with van der Waals surface area (Å²) in [7, 11) is 0. The molecule has 0 saturated carbocycles. The zero-order valence-electron chi connectivity index (χ0n) is 5.73. The molecule has 0 aromatic carbocycles. The molecule has 0 bridgehead atoms. The highest BCUT2D eigenvalue weighted by Gasteiger charge is 1.99. The second kappa shape index (κ2) is 3.07. The average Bonchev–Trinajstić information content (AvgIpc) is 1.63. The SMILES string of the molecule is C=C(C)OC(=C)C(C)=O. The maximum absolute atomic E-state index is 10.4. The van der Waals surface area contributed by atoms with E-state index in [-0.39, 0.29) is 11.5 Å². The third kappa shape index (κ3) is 3.53. The van der Waals surface area contributed by atoms with E-state index < -0.39 is 0 Å². The molecule has 0 aliphatic heterocycles. The summed E-state index contributed by atoms with van der Waals surface area (Å²) in [4.78, 5) is 10.4. The van der Waals surface area contributed by atoms with Crippen LogP contribution in [0.15, 0.2) is 24.7 Å². The Hall–Kier alpha value is -1.05. The van der Waals surface area contributed by atoms with Gasteiger partial charge < -0.3 is 4.74 Å². The summed E-state index contributed by atoms with van der Waals surface area (Å²) >= 11 is 0. The molecule has 50 valence electrons. The van der Waals surface area contributed by atoms with Crippen molar-refractivity contribution in [2.75, 3.05) is 0 Å². The Kier molecular flexibility index (Phi) is 2.71. The lowest BCUT2D eigenvalue weighted by molar-refractivity contribution is -0.116. The molecule has 2 nitrogen and oxygen atoms in total. The summed E-state index contributed by atoms with van der Waals surface area (Å²) in [5.74, 6) is 0.454. The Labute approximate surface area is 54.8 Å². The van der Waals surface area contributed by atoms with Crippen molar-refractivity contribution < 1.29 is 9.53 Å². The first kappa shape index (κ1) is 7.95. The molecule has 0 radical (unpaired) electrons. The van der Waals surface area contributed by atoms with E-state index in [0.717, 1.165) is 0 Å². The maximum atomic E-state index is 10.4. The summed E-state index contributed by atoms with van der Waals surface area (Å²) < 4.78 is 4.77. The predicted octanol–water partition coefficient (Wildman–Crippen LogP) is 1.64. The largest absolute Gasteiger partial charge is 0.460 e. The molecule has 0 unspecified atom stereocenters. The highest BCUT2D eigenvalue weighted by atomic mass is 16.5. The number of hydrogen-bond acceptors (Lipinski definition) is 2. The zero-order chi connectivity index (χ0) is 7.44. The molecule has 9 heavy (non-hydrogen) atoms. The van der Waals surface area contributed by atoms with Gasteiger partial charge in [0.15, 0.2) is 11.5 Å². The third-order valence-corrected chi connectivity index (χ3v) is 0.690. The van der Waals surface area contributed by atoms with Gasteiger partial charge in [-0.1, -0.05) is 13.2 Å². The smallest absolute Gasteiger partial charge is 0.194 e. The number of Topliss-reactive ketones (excluding diaryl/α,β-unsaturated/α-hetero) is 1. The highest BCUT2D eigenvalue weighted by Crippen LogP contribution is 2.00. The number of carbonyl (C=O) groups is 1. The van der Waals surface area contributed by atoms with Gasteiger partial charge in [0.05, 0.1) is 5.76 Å². The van der Waals surface area contributed by atoms with Crippen molar-refractivity contribution in [3.63, 3.8) is 0 Å². The van der Waals surface area contributed by atoms with Crippen molar-refractivity contribution in [3.05, 3.63) is 24.7 Å². The molecule has 0 aromatic rings. The van der Waals surface area contributed by atoms with Crippen molar-refractivity contribution in [2.24, 2.45) is 0 Å². The lowest BCUT2D eigenvalue weighted by atomic mass is 10.4. The van der Waals surface area contributed by atoms with E-state index >= 15 is 0 Å². The molecule has 0 saturated heterocycles. The minimum absolute atomic E-state index is 0.141. The van der Waals surface area contributed by atoms with Crippen LogP contribution in [0.2, 0.25) is 0 Å². The third-order valence-electron chi connectivity index (χ3n) is 0.690. The van der Waals surface area contributed by atoms with Crippen LogP contribution in [0.4, 0.5) is 0 Å². The molecule has 0 N–H and O–H groups in total. The Morgan fingerprint density at radius 2 is 1.78 bits per heavy atom. The van der Waals surface area contributed by atoms with E-state index in [1.54, 1.807) is 6.92 Å². The molecule has 0 aliphatic carbocycles. The molecule has 0 heterocycles. The Morgan fingerprint density at radius 1 is 1.33 bits per heavy atom. The maximum Gasteiger partial charge on any atom is 0.194 e. The zero-order valence-corrected chi connectivity index (χ0v) is 5.73. The first-order chi connectivity index (χ1) is 4.04. The number of allylic oxidation sites excluding steroid dienone is 2. The minimum Gasteiger partial charge on any atom is -0.460 e. The van der Waals surface area contributed by atoms with Gasteiger partial charge in [-0.25, -0.2) is 0 Å². The van der Waals surface area contributed by atoms with Crippen LogP contribution in [-0.2, 0) is 9.53 Å². The molecular formula is C7H10O2. The van der Waals surface area contributed by atoms with Crippen LogP contribution in [0.5, 0.6) is 0 Å². The number of carbonyl (C=O) groups excluding carboxylic acids is 1. The molecule has 0 amide bonds. The van der Waals surface area contributed by atoms with E-state index in [9.17, 15) is 4.79 Å². The molecule has 0 aliphatic rings. The van der Waals surface area contributed by atoms with E-state index in [2.05, 4.69) is 13.2 Å². The van der Waals surface area contributed by atoms with Gasteiger partial charge in [0, 0.05) is 6.92 Å². The summed E-state index contributed by atoms with van der Waals surface area (Å²) in [5, 5.41) is 0. The number of ether oxygens (including phenoxy) is 1. The van der Waals surface area contributed by atoms with Crippen molar-refractivity contribution in [2.45, 2.75) is 13.8 Å². The molecule has 0 fully saturated rings. The van der Waals surface area contributed by atoms with Crippen LogP contribution in [0.1, 0.15) is 13.8 Å². The van der Waals surface area contributed by atoms with E-state index in [0.29, 0.717) is 5.76 Å². The summed E-state index contributed by atoms with van der Waals surface area (Å²) in [6.07, 6.45) is 0. The normalized spacial score (nSPS) is 8.22. The van der Waals surface area contributed by atoms with Crippen molar-refractivity contribution >= 4 is 5.78 Å². The van der Waals surface area contributed by atoms with Gasteiger partial charge in [-0.05, 0) is 6.92 Å². The average molecular weight is 126 g/mol. The van der Waals surface area contributed by atoms with Gasteiger partial charge in [-0.15, -0.1) is 0 Å². The summed E-state index contributed by atoms with van der Waals surface area (Å²) in [6.45, 7) is 9.86. The lowest BCUT2D eigenvalue weighted by Gasteiger charge is -2.01. The van der Waals surface area contributed by atoms with Crippen LogP contribution in [0, 0.1) is 0 Å². The second-order valence-corrected chi connectivity index (χ2v) is 1.78. The van der Waals surface area contributed by atoms with Crippen molar-refractivity contribution in [1.29, 1.82) is 0 Å². The van der Waals surface area contributed by atoms with Gasteiger partial charge >= 0.3 is 0 Å². The quantitative estimate of drug-likeness (QED) is 0.424. The van der Waals surface area contributed by atoms with Crippen LogP contribution in [0.3, 0.4) is 0 Å². The highest BCUT2D eigenvalue weighted by molar-refractivity contribution is 5.90. The fraction of sp³-hybridized carbons (Fsp3) is 0.286. The molecule has 0 rings (SSSR count). The Balaban J connectivity index is 3.79. The first-order valence-corrected chi connectivity index (χ1v) is 2.57. The first-order valence-electron chi connectivity index (χ1n) is 2.57. The number of rotatable bonds is 3. The van der Waals surface area contributed by atoms with Gasteiger partial charge in [0.1, 0.15) is 0 Å². The van der Waals surface area contributed by atoms with E-state index in [1.165, 1.54) is 6.92 Å². The molecule has 0 atom stereocenters. The Morgan fingerprint density at radius 3 is 1.89 bits per heavy atom. The Bertz CT molecular complexity index is 156. The monoisotopic (exact) mass is 126 g/mol.